The maximum Gasteiger partial charge on any atom is 0.219 e. The standard InChI is InChI=1S/C17H19N9O/c1-17(2)8-10(5-7-27-17)26-16(21-15(25-26)14-19-9-20-23-14)12-11-4-3-6-18-13(11)24-22-12/h3-4,6,9-10H,5,7-8H2,1-2H3,(H,18,22,24)(H,19,20,23). The molecule has 0 spiro atoms. The van der Waals surface area contributed by atoms with Crippen LogP contribution in [-0.2, 0) is 4.74 Å². The number of rotatable bonds is 3. The van der Waals surface area contributed by atoms with E-state index in [-0.39, 0.29) is 11.6 Å². The molecule has 0 radical (unpaired) electrons. The van der Waals surface area contributed by atoms with Crippen LogP contribution in [0, 0.1) is 0 Å². The molecule has 0 saturated carbocycles. The molecule has 5 rings (SSSR count). The van der Waals surface area contributed by atoms with E-state index in [0.29, 0.717) is 29.7 Å². The molecular formula is C17H19N9O. The molecule has 27 heavy (non-hydrogen) atoms. The zero-order valence-corrected chi connectivity index (χ0v) is 15.0. The smallest absolute Gasteiger partial charge is 0.219 e. The van der Waals surface area contributed by atoms with Gasteiger partial charge in [0.25, 0.3) is 0 Å². The van der Waals surface area contributed by atoms with E-state index in [0.717, 1.165) is 23.9 Å². The summed E-state index contributed by atoms with van der Waals surface area (Å²) < 4.78 is 7.84. The van der Waals surface area contributed by atoms with Crippen LogP contribution >= 0.6 is 0 Å². The largest absolute Gasteiger partial charge is 0.375 e. The van der Waals surface area contributed by atoms with Crippen LogP contribution in [0.1, 0.15) is 32.7 Å². The zero-order valence-electron chi connectivity index (χ0n) is 15.0. The Labute approximate surface area is 154 Å². The van der Waals surface area contributed by atoms with Gasteiger partial charge in [0.05, 0.1) is 11.6 Å². The number of aromatic amines is 2. The van der Waals surface area contributed by atoms with Crippen molar-refractivity contribution in [1.82, 2.24) is 45.1 Å². The number of nitrogens with zero attached hydrogens (tertiary/aromatic N) is 7. The van der Waals surface area contributed by atoms with Gasteiger partial charge in [0.15, 0.2) is 17.3 Å². The van der Waals surface area contributed by atoms with Crippen LogP contribution in [0.4, 0.5) is 0 Å². The van der Waals surface area contributed by atoms with E-state index in [9.17, 15) is 0 Å². The van der Waals surface area contributed by atoms with E-state index in [1.165, 1.54) is 6.33 Å². The van der Waals surface area contributed by atoms with Crippen molar-refractivity contribution in [3.63, 3.8) is 0 Å². The molecule has 1 unspecified atom stereocenters. The Balaban J connectivity index is 1.67. The molecule has 1 saturated heterocycles. The van der Waals surface area contributed by atoms with Crippen LogP contribution in [-0.4, -0.2) is 57.3 Å². The molecular weight excluding hydrogens is 346 g/mol. The Hall–Kier alpha value is -3.14. The number of nitrogens with one attached hydrogen (secondary N) is 2. The predicted octanol–water partition coefficient (Wildman–Crippen LogP) is 2.13. The van der Waals surface area contributed by atoms with Gasteiger partial charge in [-0.25, -0.2) is 19.6 Å². The van der Waals surface area contributed by atoms with Gasteiger partial charge in [-0.3, -0.25) is 10.2 Å². The SMILES string of the molecule is CC1(C)CC(n2nc(-c3ncn[nH]3)nc2-c2[nH]nc3ncccc23)CCO1. The summed E-state index contributed by atoms with van der Waals surface area (Å²) in [6, 6.07) is 4.02. The third kappa shape index (κ3) is 2.78. The molecule has 1 atom stereocenters. The molecule has 0 aliphatic carbocycles. The molecule has 10 heteroatoms. The van der Waals surface area contributed by atoms with Crippen molar-refractivity contribution in [3.8, 4) is 23.2 Å². The number of hydrogen-bond acceptors (Lipinski definition) is 7. The fourth-order valence-electron chi connectivity index (χ4n) is 3.59. The normalized spacial score (nSPS) is 19.6. The Morgan fingerprint density at radius 1 is 1.26 bits per heavy atom. The molecule has 1 aliphatic rings. The molecule has 138 valence electrons. The molecule has 5 heterocycles. The average Bonchev–Trinajstić information content (AvgIpc) is 3.39. The first-order chi connectivity index (χ1) is 13.1. The molecule has 4 aromatic heterocycles. The minimum Gasteiger partial charge on any atom is -0.375 e. The van der Waals surface area contributed by atoms with E-state index < -0.39 is 0 Å². The maximum atomic E-state index is 5.88. The Kier molecular flexibility index (Phi) is 3.54. The number of ether oxygens (including phenoxy) is 1. The Morgan fingerprint density at radius 3 is 3.00 bits per heavy atom. The van der Waals surface area contributed by atoms with Crippen LogP contribution in [0.5, 0.6) is 0 Å². The van der Waals surface area contributed by atoms with Gasteiger partial charge in [0.1, 0.15) is 12.0 Å². The summed E-state index contributed by atoms with van der Waals surface area (Å²) in [5, 5.41) is 19.8. The maximum absolute atomic E-state index is 5.88. The van der Waals surface area contributed by atoms with E-state index >= 15 is 0 Å². The fourth-order valence-corrected chi connectivity index (χ4v) is 3.59. The van der Waals surface area contributed by atoms with E-state index in [1.54, 1.807) is 6.20 Å². The van der Waals surface area contributed by atoms with Crippen molar-refractivity contribution < 1.29 is 4.74 Å². The number of aromatic nitrogens is 9. The number of hydrogen-bond donors (Lipinski definition) is 2. The lowest BCUT2D eigenvalue weighted by Crippen LogP contribution is -2.35. The summed E-state index contributed by atoms with van der Waals surface area (Å²) >= 11 is 0. The quantitative estimate of drug-likeness (QED) is 0.570. The summed E-state index contributed by atoms with van der Waals surface area (Å²) in [6.07, 6.45) is 4.87. The van der Waals surface area contributed by atoms with Crippen LogP contribution in [0.2, 0.25) is 0 Å². The number of pyridine rings is 1. The van der Waals surface area contributed by atoms with Gasteiger partial charge in [0, 0.05) is 18.2 Å². The first-order valence-electron chi connectivity index (χ1n) is 8.86. The lowest BCUT2D eigenvalue weighted by Gasteiger charge is -2.35. The lowest BCUT2D eigenvalue weighted by atomic mass is 9.94. The van der Waals surface area contributed by atoms with Crippen molar-refractivity contribution >= 4 is 11.0 Å². The van der Waals surface area contributed by atoms with Gasteiger partial charge in [0.2, 0.25) is 5.82 Å². The Morgan fingerprint density at radius 2 is 2.19 bits per heavy atom. The molecule has 0 aromatic carbocycles. The second-order valence-corrected chi connectivity index (χ2v) is 7.27. The van der Waals surface area contributed by atoms with Gasteiger partial charge < -0.3 is 4.74 Å². The van der Waals surface area contributed by atoms with Crippen molar-refractivity contribution in [2.75, 3.05) is 6.61 Å². The minimum atomic E-state index is -0.212. The highest BCUT2D eigenvalue weighted by atomic mass is 16.5. The molecule has 0 amide bonds. The fraction of sp³-hybridized carbons (Fsp3) is 0.412. The highest BCUT2D eigenvalue weighted by Crippen LogP contribution is 2.35. The lowest BCUT2D eigenvalue weighted by molar-refractivity contribution is -0.0705. The van der Waals surface area contributed by atoms with Crippen LogP contribution < -0.4 is 0 Å². The summed E-state index contributed by atoms with van der Waals surface area (Å²) in [7, 11) is 0. The Bertz CT molecular complexity index is 1080. The monoisotopic (exact) mass is 365 g/mol. The van der Waals surface area contributed by atoms with Crippen LogP contribution in [0.25, 0.3) is 34.2 Å². The van der Waals surface area contributed by atoms with Crippen molar-refractivity contribution in [1.29, 1.82) is 0 Å². The summed E-state index contributed by atoms with van der Waals surface area (Å²) in [4.78, 5) is 13.2. The van der Waals surface area contributed by atoms with E-state index in [1.807, 2.05) is 16.8 Å². The third-order valence-corrected chi connectivity index (χ3v) is 4.83. The highest BCUT2D eigenvalue weighted by Gasteiger charge is 2.33. The second-order valence-electron chi connectivity index (χ2n) is 7.27. The van der Waals surface area contributed by atoms with E-state index in [2.05, 4.69) is 44.2 Å². The second kappa shape index (κ2) is 5.95. The number of fused-ring (bicyclic) bond motifs is 1. The van der Waals surface area contributed by atoms with Crippen LogP contribution in [0.15, 0.2) is 24.7 Å². The van der Waals surface area contributed by atoms with Crippen molar-refractivity contribution in [2.24, 2.45) is 0 Å². The van der Waals surface area contributed by atoms with Gasteiger partial charge in [-0.2, -0.15) is 10.2 Å². The van der Waals surface area contributed by atoms with Gasteiger partial charge in [-0.15, -0.1) is 5.10 Å². The summed E-state index contributed by atoms with van der Waals surface area (Å²) in [5.74, 6) is 1.74. The van der Waals surface area contributed by atoms with Crippen LogP contribution in [0.3, 0.4) is 0 Å². The first kappa shape index (κ1) is 16.1. The van der Waals surface area contributed by atoms with Crippen molar-refractivity contribution in [3.05, 3.63) is 24.7 Å². The molecule has 0 bridgehead atoms. The number of H-pyrrole nitrogens is 2. The average molecular weight is 365 g/mol. The molecule has 4 aromatic rings. The summed E-state index contributed by atoms with van der Waals surface area (Å²) in [6.45, 7) is 4.88. The van der Waals surface area contributed by atoms with E-state index in [4.69, 9.17) is 14.8 Å². The first-order valence-corrected chi connectivity index (χ1v) is 8.86. The predicted molar refractivity (Wildman–Crippen MR) is 96.6 cm³/mol. The molecule has 10 nitrogen and oxygen atoms in total. The van der Waals surface area contributed by atoms with Gasteiger partial charge in [-0.1, -0.05) is 0 Å². The van der Waals surface area contributed by atoms with Gasteiger partial charge >= 0.3 is 0 Å². The molecule has 2 N–H and O–H groups in total. The molecule has 1 fully saturated rings. The topological polar surface area (TPSA) is 123 Å². The molecule has 1 aliphatic heterocycles. The minimum absolute atomic E-state index is 0.156. The summed E-state index contributed by atoms with van der Waals surface area (Å²) in [5.41, 5.74) is 1.23. The van der Waals surface area contributed by atoms with Crippen molar-refractivity contribution in [2.45, 2.75) is 38.3 Å². The third-order valence-electron chi connectivity index (χ3n) is 4.83. The highest BCUT2D eigenvalue weighted by molar-refractivity contribution is 5.88. The zero-order chi connectivity index (χ0) is 18.4. The van der Waals surface area contributed by atoms with Gasteiger partial charge in [-0.05, 0) is 38.8 Å².